The first-order chi connectivity index (χ1) is 23.4. The second kappa shape index (κ2) is 14.9. The molecule has 0 fully saturated rings. The monoisotopic (exact) mass is 646 g/mol. The van der Waals surface area contributed by atoms with Crippen LogP contribution in [-0.2, 0) is 19.8 Å². The van der Waals surface area contributed by atoms with Gasteiger partial charge in [0.25, 0.3) is 0 Å². The molecule has 8 heteroatoms. The van der Waals surface area contributed by atoms with E-state index < -0.39 is 17.7 Å². The van der Waals surface area contributed by atoms with Crippen LogP contribution in [0.3, 0.4) is 0 Å². The molecule has 1 heterocycles. The van der Waals surface area contributed by atoms with Crippen molar-refractivity contribution in [2.75, 3.05) is 13.1 Å². The molecule has 6 nitrogen and oxygen atoms in total. The van der Waals surface area contributed by atoms with Crippen LogP contribution in [-0.4, -0.2) is 28.6 Å². The quantitative estimate of drug-likeness (QED) is 0.133. The van der Waals surface area contributed by atoms with Crippen molar-refractivity contribution in [3.63, 3.8) is 0 Å². The Hall–Kier alpha value is -5.63. The van der Waals surface area contributed by atoms with E-state index >= 15 is 0 Å². The third-order valence-corrected chi connectivity index (χ3v) is 8.13. The highest BCUT2D eigenvalue weighted by atomic mass is 19.2. The molecule has 0 spiro atoms. The Balaban J connectivity index is 1.35. The van der Waals surface area contributed by atoms with Crippen LogP contribution in [0.25, 0.3) is 22.0 Å². The Bertz CT molecular complexity index is 1950. The number of carbonyl (C=O) groups is 1. The zero-order valence-electron chi connectivity index (χ0n) is 26.9. The molecule has 244 valence electrons. The van der Waals surface area contributed by atoms with Gasteiger partial charge in [0.2, 0.25) is 0 Å². The summed E-state index contributed by atoms with van der Waals surface area (Å²) < 4.78 is 48.8. The molecule has 0 aliphatic rings. The number of hydrogen-bond acceptors (Lipinski definition) is 4. The van der Waals surface area contributed by atoms with Crippen LogP contribution in [0.4, 0.5) is 13.6 Å². The predicted octanol–water partition coefficient (Wildman–Crippen LogP) is 9.63. The lowest BCUT2D eigenvalue weighted by molar-refractivity contribution is 0.157. The number of amides is 1. The molecule has 6 aromatic rings. The summed E-state index contributed by atoms with van der Waals surface area (Å²) in [4.78, 5) is 14.5. The normalized spacial score (nSPS) is 11.0. The van der Waals surface area contributed by atoms with E-state index in [2.05, 4.69) is 0 Å². The zero-order chi connectivity index (χ0) is 33.5. The number of halogens is 2. The molecule has 0 aliphatic heterocycles. The van der Waals surface area contributed by atoms with E-state index in [1.807, 2.05) is 116 Å². The fourth-order valence-electron chi connectivity index (χ4n) is 5.63. The molecule has 6 rings (SSSR count). The van der Waals surface area contributed by atoms with Gasteiger partial charge >= 0.3 is 6.09 Å². The molecule has 0 unspecified atom stereocenters. The largest absolute Gasteiger partial charge is 0.489 e. The topological polar surface area (TPSA) is 52.9 Å². The number of nitrogens with zero attached hydrogens (tertiary/aromatic N) is 2. The Labute approximate surface area is 278 Å². The van der Waals surface area contributed by atoms with Crippen LogP contribution in [0.2, 0.25) is 0 Å². The van der Waals surface area contributed by atoms with Crippen LogP contribution >= 0.6 is 0 Å². The number of benzene rings is 5. The zero-order valence-corrected chi connectivity index (χ0v) is 26.9. The van der Waals surface area contributed by atoms with Gasteiger partial charge in [0.05, 0.1) is 0 Å². The highest BCUT2D eigenvalue weighted by Crippen LogP contribution is 2.39. The average molecular weight is 647 g/mol. The molecular weight excluding hydrogens is 610 g/mol. The van der Waals surface area contributed by atoms with Crippen molar-refractivity contribution in [1.82, 2.24) is 9.47 Å². The maximum atomic E-state index is 14.5. The summed E-state index contributed by atoms with van der Waals surface area (Å²) in [7, 11) is 0. The van der Waals surface area contributed by atoms with Gasteiger partial charge in [0, 0.05) is 48.4 Å². The number of carbonyl (C=O) groups excluding carboxylic acids is 1. The van der Waals surface area contributed by atoms with Crippen LogP contribution in [0.15, 0.2) is 121 Å². The van der Waals surface area contributed by atoms with Crippen LogP contribution in [0, 0.1) is 11.6 Å². The summed E-state index contributed by atoms with van der Waals surface area (Å²) >= 11 is 0. The van der Waals surface area contributed by atoms with Crippen molar-refractivity contribution in [1.29, 1.82) is 0 Å². The molecule has 0 radical (unpaired) electrons. The molecule has 5 aromatic carbocycles. The third-order valence-electron chi connectivity index (χ3n) is 8.13. The molecule has 0 N–H and O–H groups in total. The van der Waals surface area contributed by atoms with E-state index in [0.29, 0.717) is 55.5 Å². The first kappa shape index (κ1) is 32.3. The van der Waals surface area contributed by atoms with Gasteiger partial charge in [-0.2, -0.15) is 0 Å². The lowest BCUT2D eigenvalue weighted by Gasteiger charge is -2.20. The number of aromatic nitrogens is 1. The SMILES string of the molecule is CCN(CC)C(=O)Oc1ccc2c(ccn2Cc2cc(OCc3ccccc3)cc(OCc3ccccc3)c2)c1-c1ccc(F)c(F)c1. The maximum absolute atomic E-state index is 14.5. The summed E-state index contributed by atoms with van der Waals surface area (Å²) in [6, 6.07) is 34.9. The molecule has 0 aliphatic carbocycles. The highest BCUT2D eigenvalue weighted by molar-refractivity contribution is 5.99. The lowest BCUT2D eigenvalue weighted by atomic mass is 10.00. The van der Waals surface area contributed by atoms with Gasteiger partial charge in [-0.25, -0.2) is 13.6 Å². The summed E-state index contributed by atoms with van der Waals surface area (Å²) in [6.07, 6.45) is 1.41. The van der Waals surface area contributed by atoms with Gasteiger partial charge in [0.15, 0.2) is 11.6 Å². The smallest absolute Gasteiger partial charge is 0.415 e. The van der Waals surface area contributed by atoms with Crippen LogP contribution < -0.4 is 14.2 Å². The fourth-order valence-corrected chi connectivity index (χ4v) is 5.63. The summed E-state index contributed by atoms with van der Waals surface area (Å²) in [5.41, 5.74) is 4.75. The summed E-state index contributed by atoms with van der Waals surface area (Å²) in [5.74, 6) is -0.339. The number of hydrogen-bond donors (Lipinski definition) is 0. The number of fused-ring (bicyclic) bond motifs is 1. The Morgan fingerprint density at radius 3 is 1.90 bits per heavy atom. The number of ether oxygens (including phenoxy) is 3. The summed E-state index contributed by atoms with van der Waals surface area (Å²) in [5, 5.41) is 0.725. The van der Waals surface area contributed by atoms with Crippen molar-refractivity contribution < 1.29 is 27.8 Å². The minimum Gasteiger partial charge on any atom is -0.489 e. The lowest BCUT2D eigenvalue weighted by Crippen LogP contribution is -2.33. The van der Waals surface area contributed by atoms with E-state index in [9.17, 15) is 13.6 Å². The van der Waals surface area contributed by atoms with Crippen molar-refractivity contribution in [3.05, 3.63) is 150 Å². The van der Waals surface area contributed by atoms with Gasteiger partial charge in [-0.3, -0.25) is 0 Å². The molecule has 0 saturated carbocycles. The van der Waals surface area contributed by atoms with E-state index in [1.165, 1.54) is 6.07 Å². The minimum atomic E-state index is -0.986. The minimum absolute atomic E-state index is 0.260. The van der Waals surface area contributed by atoms with Crippen LogP contribution in [0.1, 0.15) is 30.5 Å². The van der Waals surface area contributed by atoms with E-state index in [1.54, 1.807) is 11.0 Å². The van der Waals surface area contributed by atoms with E-state index in [4.69, 9.17) is 14.2 Å². The summed E-state index contributed by atoms with van der Waals surface area (Å²) in [6.45, 7) is 5.94. The van der Waals surface area contributed by atoms with E-state index in [0.717, 1.165) is 39.7 Å². The molecule has 1 aromatic heterocycles. The predicted molar refractivity (Wildman–Crippen MR) is 183 cm³/mol. The second-order valence-electron chi connectivity index (χ2n) is 11.3. The number of rotatable bonds is 12. The van der Waals surface area contributed by atoms with Crippen molar-refractivity contribution in [3.8, 4) is 28.4 Å². The van der Waals surface area contributed by atoms with Crippen molar-refractivity contribution >= 4 is 17.0 Å². The van der Waals surface area contributed by atoms with Crippen molar-refractivity contribution in [2.45, 2.75) is 33.6 Å². The molecule has 0 bridgehead atoms. The maximum Gasteiger partial charge on any atom is 0.415 e. The van der Waals surface area contributed by atoms with Gasteiger partial charge < -0.3 is 23.7 Å². The second-order valence-corrected chi connectivity index (χ2v) is 11.3. The van der Waals surface area contributed by atoms with Gasteiger partial charge in [-0.05, 0) is 78.6 Å². The van der Waals surface area contributed by atoms with Crippen LogP contribution in [0.5, 0.6) is 17.2 Å². The Kier molecular flexibility index (Phi) is 10.0. The van der Waals surface area contributed by atoms with E-state index in [-0.39, 0.29) is 5.75 Å². The first-order valence-electron chi connectivity index (χ1n) is 15.9. The third kappa shape index (κ3) is 7.50. The van der Waals surface area contributed by atoms with Gasteiger partial charge in [-0.1, -0.05) is 66.7 Å². The molecular formula is C40H36F2N2O4. The Morgan fingerprint density at radius 2 is 1.31 bits per heavy atom. The molecule has 0 atom stereocenters. The highest BCUT2D eigenvalue weighted by Gasteiger charge is 2.20. The first-order valence-corrected chi connectivity index (χ1v) is 15.9. The fraction of sp³-hybridized carbons (Fsp3) is 0.175. The molecule has 48 heavy (non-hydrogen) atoms. The average Bonchev–Trinajstić information content (AvgIpc) is 3.51. The molecule has 0 saturated heterocycles. The van der Waals surface area contributed by atoms with Gasteiger partial charge in [0.1, 0.15) is 30.5 Å². The van der Waals surface area contributed by atoms with Crippen molar-refractivity contribution in [2.24, 2.45) is 0 Å². The standard InChI is InChI=1S/C40H36F2N2O4/c1-3-43(4-2)40(45)48-38-18-17-37-34(39(38)31-15-16-35(41)36(42)23-31)19-20-44(37)25-30-21-32(46-26-28-11-7-5-8-12-28)24-33(22-30)47-27-29-13-9-6-10-14-29/h5-24H,3-4,25-27H2,1-2H3. The van der Waals surface area contributed by atoms with Gasteiger partial charge in [-0.15, -0.1) is 0 Å². The molecule has 1 amide bonds. The Morgan fingerprint density at radius 1 is 0.688 bits per heavy atom.